The summed E-state index contributed by atoms with van der Waals surface area (Å²) in [6.07, 6.45) is 0. The van der Waals surface area contributed by atoms with Gasteiger partial charge in [0.15, 0.2) is 5.11 Å². The van der Waals surface area contributed by atoms with Crippen LogP contribution in [0.2, 0.25) is 0 Å². The molecule has 1 amide bonds. The highest BCUT2D eigenvalue weighted by atomic mass is 32.1. The molecule has 126 valence electrons. The van der Waals surface area contributed by atoms with E-state index >= 15 is 0 Å². The molecule has 0 unspecified atom stereocenters. The van der Waals surface area contributed by atoms with E-state index in [0.717, 1.165) is 22.0 Å². The first-order valence-corrected chi connectivity index (χ1v) is 8.24. The zero-order valence-electron chi connectivity index (χ0n) is 14.0. The van der Waals surface area contributed by atoms with Gasteiger partial charge >= 0.3 is 0 Å². The number of carbonyl (C=O) groups excluding carboxylic acids is 1. The average molecular weight is 350 g/mol. The van der Waals surface area contributed by atoms with Gasteiger partial charge in [-0.05, 0) is 53.7 Å². The first-order chi connectivity index (χ1) is 12.1. The van der Waals surface area contributed by atoms with Crippen molar-refractivity contribution in [1.29, 1.82) is 0 Å². The second-order valence-corrected chi connectivity index (χ2v) is 6.03. The second kappa shape index (κ2) is 7.32. The number of nitrogens with one attached hydrogen (secondary N) is 2. The molecule has 0 spiro atoms. The SMILES string of the molecule is COc1c(C)cccc1C(=O)NC(=S)Nc1ccc2ccccc2c1. The predicted octanol–water partition coefficient (Wildman–Crippen LogP) is 4.28. The first-order valence-electron chi connectivity index (χ1n) is 7.83. The molecule has 0 radical (unpaired) electrons. The molecule has 2 N–H and O–H groups in total. The summed E-state index contributed by atoms with van der Waals surface area (Å²) in [6.45, 7) is 1.89. The summed E-state index contributed by atoms with van der Waals surface area (Å²) < 4.78 is 5.32. The minimum Gasteiger partial charge on any atom is -0.496 e. The first kappa shape index (κ1) is 16.9. The lowest BCUT2D eigenvalue weighted by atomic mass is 10.1. The van der Waals surface area contributed by atoms with Gasteiger partial charge in [-0.15, -0.1) is 0 Å². The fourth-order valence-electron chi connectivity index (χ4n) is 2.70. The van der Waals surface area contributed by atoms with Crippen molar-refractivity contribution in [2.75, 3.05) is 12.4 Å². The zero-order chi connectivity index (χ0) is 17.8. The Balaban J connectivity index is 1.73. The summed E-state index contributed by atoms with van der Waals surface area (Å²) in [5.74, 6) is 0.243. The number of para-hydroxylation sites is 1. The number of ether oxygens (including phenoxy) is 1. The molecule has 0 fully saturated rings. The third-order valence-electron chi connectivity index (χ3n) is 3.90. The van der Waals surface area contributed by atoms with Crippen LogP contribution in [0.5, 0.6) is 5.75 Å². The molecule has 3 rings (SSSR count). The van der Waals surface area contributed by atoms with Gasteiger partial charge in [0.25, 0.3) is 5.91 Å². The third-order valence-corrected chi connectivity index (χ3v) is 4.10. The fourth-order valence-corrected chi connectivity index (χ4v) is 2.91. The van der Waals surface area contributed by atoms with Crippen LogP contribution in [0, 0.1) is 6.92 Å². The maximum Gasteiger partial charge on any atom is 0.261 e. The Morgan fingerprint density at radius 1 is 1.00 bits per heavy atom. The van der Waals surface area contributed by atoms with Gasteiger partial charge in [0.05, 0.1) is 12.7 Å². The molecule has 5 heteroatoms. The van der Waals surface area contributed by atoms with E-state index in [0.29, 0.717) is 11.3 Å². The molecule has 0 saturated heterocycles. The van der Waals surface area contributed by atoms with Crippen molar-refractivity contribution in [3.8, 4) is 5.75 Å². The van der Waals surface area contributed by atoms with E-state index in [1.165, 1.54) is 0 Å². The molecule has 0 aliphatic carbocycles. The Kier molecular flexibility index (Phi) is 4.95. The number of hydrogen-bond donors (Lipinski definition) is 2. The number of methoxy groups -OCH3 is 1. The van der Waals surface area contributed by atoms with Gasteiger partial charge in [0, 0.05) is 5.69 Å². The number of hydrogen-bond acceptors (Lipinski definition) is 3. The normalized spacial score (nSPS) is 10.3. The summed E-state index contributed by atoms with van der Waals surface area (Å²) in [4.78, 5) is 12.5. The molecular formula is C20H18N2O2S. The number of benzene rings is 3. The van der Waals surface area contributed by atoms with Crippen LogP contribution in [0.15, 0.2) is 60.7 Å². The number of rotatable bonds is 3. The Labute approximate surface area is 151 Å². The third kappa shape index (κ3) is 3.78. The van der Waals surface area contributed by atoms with Crippen LogP contribution in [0.1, 0.15) is 15.9 Å². The molecule has 0 heterocycles. The maximum atomic E-state index is 12.5. The molecule has 0 atom stereocenters. The summed E-state index contributed by atoms with van der Waals surface area (Å²) in [6, 6.07) is 19.4. The molecule has 25 heavy (non-hydrogen) atoms. The summed E-state index contributed by atoms with van der Waals surface area (Å²) >= 11 is 5.26. The van der Waals surface area contributed by atoms with Crippen molar-refractivity contribution in [3.63, 3.8) is 0 Å². The van der Waals surface area contributed by atoms with E-state index in [2.05, 4.69) is 10.6 Å². The van der Waals surface area contributed by atoms with Gasteiger partial charge in [-0.2, -0.15) is 0 Å². The van der Waals surface area contributed by atoms with Crippen molar-refractivity contribution >= 4 is 39.7 Å². The van der Waals surface area contributed by atoms with Crippen LogP contribution >= 0.6 is 12.2 Å². The number of thiocarbonyl (C=S) groups is 1. The molecule has 0 bridgehead atoms. The molecule has 0 saturated carbocycles. The monoisotopic (exact) mass is 350 g/mol. The molecule has 3 aromatic rings. The van der Waals surface area contributed by atoms with E-state index < -0.39 is 0 Å². The highest BCUT2D eigenvalue weighted by molar-refractivity contribution is 7.80. The fraction of sp³-hybridized carbons (Fsp3) is 0.100. The van der Waals surface area contributed by atoms with E-state index in [-0.39, 0.29) is 11.0 Å². The van der Waals surface area contributed by atoms with E-state index in [4.69, 9.17) is 17.0 Å². The minimum absolute atomic E-state index is 0.240. The highest BCUT2D eigenvalue weighted by Crippen LogP contribution is 2.23. The highest BCUT2D eigenvalue weighted by Gasteiger charge is 2.15. The number of anilines is 1. The summed E-state index contributed by atoms with van der Waals surface area (Å²) in [7, 11) is 1.55. The molecule has 3 aromatic carbocycles. The molecule has 0 aliphatic heterocycles. The van der Waals surface area contributed by atoms with Gasteiger partial charge < -0.3 is 10.1 Å². The van der Waals surface area contributed by atoms with Crippen LogP contribution < -0.4 is 15.4 Å². The van der Waals surface area contributed by atoms with Gasteiger partial charge in [-0.25, -0.2) is 0 Å². The molecular weight excluding hydrogens is 332 g/mol. The van der Waals surface area contributed by atoms with Gasteiger partial charge in [-0.3, -0.25) is 10.1 Å². The van der Waals surface area contributed by atoms with Crippen LogP contribution in [0.3, 0.4) is 0 Å². The minimum atomic E-state index is -0.307. The molecule has 0 aliphatic rings. The predicted molar refractivity (Wildman–Crippen MR) is 105 cm³/mol. The standard InChI is InChI=1S/C20H18N2O2S/c1-13-6-5-9-17(18(13)24-2)19(23)22-20(25)21-16-11-10-14-7-3-4-8-15(14)12-16/h3-12H,1-2H3,(H2,21,22,23,25). The van der Waals surface area contributed by atoms with Crippen LogP contribution in [-0.4, -0.2) is 18.1 Å². The Morgan fingerprint density at radius 2 is 1.76 bits per heavy atom. The lowest BCUT2D eigenvalue weighted by Gasteiger charge is -2.13. The Bertz CT molecular complexity index is 953. The smallest absolute Gasteiger partial charge is 0.261 e. The average Bonchev–Trinajstić information content (AvgIpc) is 2.61. The van der Waals surface area contributed by atoms with Crippen LogP contribution in [0.4, 0.5) is 5.69 Å². The van der Waals surface area contributed by atoms with E-state index in [1.54, 1.807) is 13.2 Å². The number of amides is 1. The number of carbonyl (C=O) groups is 1. The Morgan fingerprint density at radius 3 is 2.52 bits per heavy atom. The van der Waals surface area contributed by atoms with E-state index in [9.17, 15) is 4.79 Å². The van der Waals surface area contributed by atoms with Gasteiger partial charge in [0.1, 0.15) is 5.75 Å². The Hall–Kier alpha value is -2.92. The van der Waals surface area contributed by atoms with Crippen LogP contribution in [0.25, 0.3) is 10.8 Å². The van der Waals surface area contributed by atoms with Crippen molar-refractivity contribution in [2.45, 2.75) is 6.92 Å². The van der Waals surface area contributed by atoms with Gasteiger partial charge in [-0.1, -0.05) is 42.5 Å². The van der Waals surface area contributed by atoms with Crippen molar-refractivity contribution in [1.82, 2.24) is 5.32 Å². The number of fused-ring (bicyclic) bond motifs is 1. The number of aryl methyl sites for hydroxylation is 1. The topological polar surface area (TPSA) is 50.4 Å². The zero-order valence-corrected chi connectivity index (χ0v) is 14.8. The van der Waals surface area contributed by atoms with Crippen molar-refractivity contribution in [3.05, 3.63) is 71.8 Å². The quantitative estimate of drug-likeness (QED) is 0.692. The second-order valence-electron chi connectivity index (χ2n) is 5.63. The summed E-state index contributed by atoms with van der Waals surface area (Å²) in [5, 5.41) is 8.23. The molecule has 0 aromatic heterocycles. The van der Waals surface area contributed by atoms with E-state index in [1.807, 2.05) is 61.5 Å². The van der Waals surface area contributed by atoms with Crippen LogP contribution in [-0.2, 0) is 0 Å². The summed E-state index contributed by atoms with van der Waals surface area (Å²) in [5.41, 5.74) is 2.16. The maximum absolute atomic E-state index is 12.5. The van der Waals surface area contributed by atoms with Gasteiger partial charge in [0.2, 0.25) is 0 Å². The largest absolute Gasteiger partial charge is 0.496 e. The van der Waals surface area contributed by atoms with Crippen molar-refractivity contribution < 1.29 is 9.53 Å². The lowest BCUT2D eigenvalue weighted by molar-refractivity contribution is 0.0974. The van der Waals surface area contributed by atoms with Crippen molar-refractivity contribution in [2.24, 2.45) is 0 Å². The molecule has 4 nitrogen and oxygen atoms in total. The lowest BCUT2D eigenvalue weighted by Crippen LogP contribution is -2.34.